The van der Waals surface area contributed by atoms with E-state index >= 15 is 0 Å². The fourth-order valence-corrected chi connectivity index (χ4v) is 2.99. The molecule has 2 aromatic rings. The lowest BCUT2D eigenvalue weighted by Gasteiger charge is -2.18. The molecule has 0 fully saturated rings. The summed E-state index contributed by atoms with van der Waals surface area (Å²) in [4.78, 5) is 25.7. The Morgan fingerprint density at radius 2 is 1.82 bits per heavy atom. The topological polar surface area (TPSA) is 58.6 Å². The summed E-state index contributed by atoms with van der Waals surface area (Å²) in [6.45, 7) is -0.270. The average molecular weight is 433 g/mol. The first kappa shape index (κ1) is 21.9. The van der Waals surface area contributed by atoms with Gasteiger partial charge in [0.2, 0.25) is 5.91 Å². The highest BCUT2D eigenvalue weighted by Gasteiger charge is 2.29. The Labute approximate surface area is 168 Å². The fraction of sp³-hybridized carbons (Fsp3) is 0.222. The van der Waals surface area contributed by atoms with Gasteiger partial charge in [-0.3, -0.25) is 9.59 Å². The molecule has 2 rings (SSSR count). The summed E-state index contributed by atoms with van der Waals surface area (Å²) in [5, 5.41) is 3.00. The van der Waals surface area contributed by atoms with Crippen molar-refractivity contribution in [2.24, 2.45) is 0 Å². The maximum absolute atomic E-state index is 12.4. The predicted molar refractivity (Wildman–Crippen MR) is 102 cm³/mol. The van der Waals surface area contributed by atoms with Crippen LogP contribution in [0.3, 0.4) is 0 Å². The first-order chi connectivity index (χ1) is 13.1. The number of hydrogen-bond donors (Lipinski definition) is 1. The number of halogens is 4. The van der Waals surface area contributed by atoms with Crippen molar-refractivity contribution in [2.75, 3.05) is 26.0 Å². The highest BCUT2D eigenvalue weighted by atomic mass is 35.5. The largest absolute Gasteiger partial charge is 0.495 e. The summed E-state index contributed by atoms with van der Waals surface area (Å²) in [7, 11) is 2.85. The Balaban J connectivity index is 2.00. The highest BCUT2D eigenvalue weighted by molar-refractivity contribution is 8.00. The number of anilines is 1. The second kappa shape index (κ2) is 9.20. The number of carbonyl (C=O) groups is 2. The van der Waals surface area contributed by atoms with E-state index in [1.54, 1.807) is 12.1 Å². The summed E-state index contributed by atoms with van der Waals surface area (Å²) >= 11 is 5.64. The van der Waals surface area contributed by atoms with Gasteiger partial charge in [-0.15, -0.1) is 0 Å². The van der Waals surface area contributed by atoms with Crippen LogP contribution in [0.5, 0.6) is 5.75 Å². The van der Waals surface area contributed by atoms with Crippen LogP contribution in [-0.2, 0) is 4.79 Å². The van der Waals surface area contributed by atoms with Gasteiger partial charge in [-0.1, -0.05) is 11.6 Å². The summed E-state index contributed by atoms with van der Waals surface area (Å²) in [6.07, 6.45) is 0. The molecule has 0 bridgehead atoms. The van der Waals surface area contributed by atoms with Crippen LogP contribution in [0.2, 0.25) is 5.02 Å². The Bertz CT molecular complexity index is 860. The predicted octanol–water partition coefficient (Wildman–Crippen LogP) is 4.67. The van der Waals surface area contributed by atoms with Crippen LogP contribution in [0.25, 0.3) is 0 Å². The van der Waals surface area contributed by atoms with Gasteiger partial charge < -0.3 is 15.0 Å². The molecule has 0 heterocycles. The lowest BCUT2D eigenvalue weighted by Crippen LogP contribution is -2.35. The molecule has 1 N–H and O–H groups in total. The lowest BCUT2D eigenvalue weighted by atomic mass is 10.2. The Kier molecular flexibility index (Phi) is 7.20. The third kappa shape index (κ3) is 6.35. The van der Waals surface area contributed by atoms with Crippen molar-refractivity contribution in [1.29, 1.82) is 0 Å². The van der Waals surface area contributed by atoms with Crippen LogP contribution in [0.15, 0.2) is 47.4 Å². The zero-order valence-corrected chi connectivity index (χ0v) is 16.4. The molecule has 2 aromatic carbocycles. The minimum atomic E-state index is -4.40. The highest BCUT2D eigenvalue weighted by Crippen LogP contribution is 2.36. The summed E-state index contributed by atoms with van der Waals surface area (Å²) in [5.41, 5.74) is -3.88. The minimum Gasteiger partial charge on any atom is -0.495 e. The lowest BCUT2D eigenvalue weighted by molar-refractivity contribution is -0.116. The monoisotopic (exact) mass is 432 g/mol. The second-order valence-corrected chi connectivity index (χ2v) is 7.20. The van der Waals surface area contributed by atoms with Crippen molar-refractivity contribution < 1.29 is 27.5 Å². The summed E-state index contributed by atoms with van der Waals surface area (Å²) in [5.74, 6) is -0.582. The van der Waals surface area contributed by atoms with E-state index in [0.717, 1.165) is 4.90 Å². The summed E-state index contributed by atoms with van der Waals surface area (Å²) < 4.78 is 42.2. The zero-order chi connectivity index (χ0) is 20.9. The number of rotatable bonds is 6. The molecule has 0 aliphatic rings. The van der Waals surface area contributed by atoms with Crippen molar-refractivity contribution in [2.45, 2.75) is 10.4 Å². The first-order valence-corrected chi connectivity index (χ1v) is 9.03. The maximum Gasteiger partial charge on any atom is 0.446 e. The van der Waals surface area contributed by atoms with Crippen molar-refractivity contribution in [1.82, 2.24) is 4.90 Å². The number of ether oxygens (including phenoxy) is 1. The number of nitrogens with one attached hydrogen (secondary N) is 1. The van der Waals surface area contributed by atoms with Crippen molar-refractivity contribution in [3.8, 4) is 5.75 Å². The maximum atomic E-state index is 12.4. The molecule has 0 aliphatic heterocycles. The van der Waals surface area contributed by atoms with Gasteiger partial charge in [0, 0.05) is 22.5 Å². The number of alkyl halides is 3. The Morgan fingerprint density at radius 1 is 1.18 bits per heavy atom. The van der Waals surface area contributed by atoms with Crippen LogP contribution in [0.1, 0.15) is 10.4 Å². The number of benzene rings is 2. The molecule has 28 heavy (non-hydrogen) atoms. The third-order valence-corrected chi connectivity index (χ3v) is 4.47. The van der Waals surface area contributed by atoms with Crippen LogP contribution < -0.4 is 10.1 Å². The quantitative estimate of drug-likeness (QED) is 0.674. The molecule has 150 valence electrons. The van der Waals surface area contributed by atoms with E-state index in [1.807, 2.05) is 0 Å². The average Bonchev–Trinajstić information content (AvgIpc) is 2.60. The van der Waals surface area contributed by atoms with E-state index in [9.17, 15) is 22.8 Å². The van der Waals surface area contributed by atoms with Crippen LogP contribution in [-0.4, -0.2) is 42.9 Å². The molecule has 0 spiro atoms. The first-order valence-electron chi connectivity index (χ1n) is 7.83. The SMILES string of the molecule is COc1ccc(Cl)cc1NC(=O)CN(C)C(=O)c1ccc(SC(F)(F)F)cc1. The molecule has 5 nitrogen and oxygen atoms in total. The number of thioether (sulfide) groups is 1. The molecular weight excluding hydrogens is 417 g/mol. The number of nitrogens with zero attached hydrogens (tertiary/aromatic N) is 1. The molecule has 0 unspecified atom stereocenters. The van der Waals surface area contributed by atoms with Crippen LogP contribution in [0.4, 0.5) is 18.9 Å². The molecule has 10 heteroatoms. The zero-order valence-electron chi connectivity index (χ0n) is 14.8. The standard InChI is InChI=1S/C18H16ClF3N2O3S/c1-24(10-16(25)23-14-9-12(19)5-8-15(14)27-2)17(26)11-3-6-13(7-4-11)28-18(20,21)22/h3-9H,10H2,1-2H3,(H,23,25). The molecule has 2 amide bonds. The molecule has 0 aromatic heterocycles. The molecule has 0 saturated carbocycles. The number of likely N-dealkylation sites (N-methyl/N-ethyl adjacent to an activating group) is 1. The van der Waals surface area contributed by atoms with E-state index in [2.05, 4.69) is 5.32 Å². The smallest absolute Gasteiger partial charge is 0.446 e. The van der Waals surface area contributed by atoms with Gasteiger partial charge in [0.1, 0.15) is 5.75 Å². The van der Waals surface area contributed by atoms with Gasteiger partial charge in [-0.05, 0) is 54.2 Å². The second-order valence-electron chi connectivity index (χ2n) is 5.63. The van der Waals surface area contributed by atoms with Gasteiger partial charge in [-0.25, -0.2) is 0 Å². The van der Waals surface area contributed by atoms with Gasteiger partial charge >= 0.3 is 5.51 Å². The summed E-state index contributed by atoms with van der Waals surface area (Å²) in [6, 6.07) is 9.68. The van der Waals surface area contributed by atoms with Crippen molar-refractivity contribution >= 4 is 40.9 Å². The molecule has 0 atom stereocenters. The molecule has 0 radical (unpaired) electrons. The van der Waals surface area contributed by atoms with Crippen LogP contribution in [0, 0.1) is 0 Å². The number of hydrogen-bond acceptors (Lipinski definition) is 4. The normalized spacial score (nSPS) is 11.1. The van der Waals surface area contributed by atoms with Gasteiger partial charge in [0.05, 0.1) is 19.3 Å². The van der Waals surface area contributed by atoms with Gasteiger partial charge in [0.15, 0.2) is 0 Å². The van der Waals surface area contributed by atoms with E-state index in [1.165, 1.54) is 44.5 Å². The molecule has 0 aliphatic carbocycles. The van der Waals surface area contributed by atoms with E-state index < -0.39 is 17.3 Å². The number of amides is 2. The van der Waals surface area contributed by atoms with E-state index in [0.29, 0.717) is 16.5 Å². The molecular formula is C18H16ClF3N2O3S. The number of methoxy groups -OCH3 is 1. The number of carbonyl (C=O) groups excluding carboxylic acids is 2. The fourth-order valence-electron chi connectivity index (χ4n) is 2.27. The third-order valence-electron chi connectivity index (χ3n) is 3.50. The van der Waals surface area contributed by atoms with Crippen molar-refractivity contribution in [3.63, 3.8) is 0 Å². The van der Waals surface area contributed by atoms with E-state index in [4.69, 9.17) is 16.3 Å². The van der Waals surface area contributed by atoms with Crippen LogP contribution >= 0.6 is 23.4 Å². The molecule has 0 saturated heterocycles. The van der Waals surface area contributed by atoms with Crippen molar-refractivity contribution in [3.05, 3.63) is 53.1 Å². The Morgan fingerprint density at radius 3 is 2.39 bits per heavy atom. The Hall–Kier alpha value is -2.39. The minimum absolute atomic E-state index is 0.0301. The van der Waals surface area contributed by atoms with E-state index in [-0.39, 0.29) is 28.8 Å². The van der Waals surface area contributed by atoms with Gasteiger partial charge in [0.25, 0.3) is 5.91 Å². The van der Waals surface area contributed by atoms with Gasteiger partial charge in [-0.2, -0.15) is 13.2 Å².